The molecule has 4 heteroatoms. The van der Waals surface area contributed by atoms with Crippen LogP contribution in [0.4, 0.5) is 13.2 Å². The predicted molar refractivity (Wildman–Crippen MR) is 82.6 cm³/mol. The van der Waals surface area contributed by atoms with Gasteiger partial charge in [0.2, 0.25) is 0 Å². The Morgan fingerprint density at radius 2 is 1.50 bits per heavy atom. The van der Waals surface area contributed by atoms with Crippen LogP contribution >= 0.6 is 0 Å². The van der Waals surface area contributed by atoms with Crippen LogP contribution in [-0.2, 0) is 12.6 Å². The number of hydrogen-bond donors (Lipinski definition) is 0. The highest BCUT2D eigenvalue weighted by atomic mass is 19.4. The van der Waals surface area contributed by atoms with Crippen molar-refractivity contribution in [3.05, 3.63) is 71.3 Å². The maximum atomic E-state index is 12.6. The predicted octanol–water partition coefficient (Wildman–Crippen LogP) is 4.94. The maximum Gasteiger partial charge on any atom is 0.416 e. The van der Waals surface area contributed by atoms with E-state index < -0.39 is 11.7 Å². The molecule has 118 valence electrons. The van der Waals surface area contributed by atoms with E-state index >= 15 is 0 Å². The van der Waals surface area contributed by atoms with Crippen LogP contribution in [0, 0.1) is 0 Å². The molecule has 0 spiro atoms. The smallest absolute Gasteiger partial charge is 0.302 e. The van der Waals surface area contributed by atoms with Crippen LogP contribution in [0.15, 0.2) is 54.6 Å². The van der Waals surface area contributed by atoms with Crippen LogP contribution in [-0.4, -0.2) is 19.0 Å². The average Bonchev–Trinajstić information content (AvgIpc) is 2.48. The lowest BCUT2D eigenvalue weighted by atomic mass is 9.97. The molecule has 0 heterocycles. The van der Waals surface area contributed by atoms with Crippen molar-refractivity contribution in [3.8, 4) is 0 Å². The van der Waals surface area contributed by atoms with E-state index in [1.54, 1.807) is 12.1 Å². The van der Waals surface area contributed by atoms with Gasteiger partial charge in [0.05, 0.1) is 5.56 Å². The van der Waals surface area contributed by atoms with Crippen molar-refractivity contribution in [3.63, 3.8) is 0 Å². The Hall–Kier alpha value is -1.81. The zero-order valence-electron chi connectivity index (χ0n) is 12.8. The molecule has 2 aromatic rings. The summed E-state index contributed by atoms with van der Waals surface area (Å²) in [6, 6.07) is 15.9. The van der Waals surface area contributed by atoms with Gasteiger partial charge in [-0.3, -0.25) is 0 Å². The monoisotopic (exact) mass is 307 g/mol. The van der Waals surface area contributed by atoms with Gasteiger partial charge in [0.25, 0.3) is 0 Å². The van der Waals surface area contributed by atoms with E-state index in [1.807, 2.05) is 32.3 Å². The Morgan fingerprint density at radius 3 is 2.00 bits per heavy atom. The summed E-state index contributed by atoms with van der Waals surface area (Å²) in [7, 11) is 4.04. The van der Waals surface area contributed by atoms with E-state index in [9.17, 15) is 13.2 Å². The Balaban J connectivity index is 2.04. The molecule has 0 aliphatic heterocycles. The van der Waals surface area contributed by atoms with E-state index in [-0.39, 0.29) is 6.04 Å². The average molecular weight is 307 g/mol. The van der Waals surface area contributed by atoms with E-state index in [0.29, 0.717) is 0 Å². The van der Waals surface area contributed by atoms with E-state index in [1.165, 1.54) is 5.56 Å². The number of halogens is 3. The number of aryl methyl sites for hydroxylation is 1. The standard InChI is InChI=1S/C18H20F3N/c1-22(2)17(15-6-4-3-5-7-15)13-10-14-8-11-16(12-9-14)18(19,20)21/h3-9,11-12,17H,10,13H2,1-2H3. The van der Waals surface area contributed by atoms with Gasteiger partial charge in [0, 0.05) is 6.04 Å². The molecule has 0 aliphatic rings. The molecular formula is C18H20F3N. The third-order valence-electron chi connectivity index (χ3n) is 3.80. The molecule has 0 N–H and O–H groups in total. The summed E-state index contributed by atoms with van der Waals surface area (Å²) in [4.78, 5) is 2.14. The van der Waals surface area contributed by atoms with Gasteiger partial charge in [-0.2, -0.15) is 13.2 Å². The Morgan fingerprint density at radius 1 is 0.909 bits per heavy atom. The summed E-state index contributed by atoms with van der Waals surface area (Å²) in [5.74, 6) is 0. The van der Waals surface area contributed by atoms with E-state index in [4.69, 9.17) is 0 Å². The summed E-state index contributed by atoms with van der Waals surface area (Å²) < 4.78 is 37.7. The van der Waals surface area contributed by atoms with Crippen LogP contribution < -0.4 is 0 Å². The molecule has 2 aromatic carbocycles. The number of benzene rings is 2. The molecule has 0 saturated carbocycles. The largest absolute Gasteiger partial charge is 0.416 e. The van der Waals surface area contributed by atoms with Crippen molar-refractivity contribution in [1.82, 2.24) is 4.90 Å². The summed E-state index contributed by atoms with van der Waals surface area (Å²) >= 11 is 0. The molecule has 2 rings (SSSR count). The zero-order chi connectivity index (χ0) is 16.2. The minimum absolute atomic E-state index is 0.253. The summed E-state index contributed by atoms with van der Waals surface area (Å²) in [6.45, 7) is 0. The fourth-order valence-corrected chi connectivity index (χ4v) is 2.56. The topological polar surface area (TPSA) is 3.24 Å². The first-order chi connectivity index (χ1) is 10.4. The molecule has 1 nitrogen and oxygen atoms in total. The van der Waals surface area contributed by atoms with Crippen LogP contribution in [0.5, 0.6) is 0 Å². The summed E-state index contributed by atoms with van der Waals surface area (Å²) in [6.07, 6.45) is -2.66. The highest BCUT2D eigenvalue weighted by Crippen LogP contribution is 2.30. The zero-order valence-corrected chi connectivity index (χ0v) is 12.8. The number of hydrogen-bond acceptors (Lipinski definition) is 1. The molecule has 22 heavy (non-hydrogen) atoms. The molecule has 0 aromatic heterocycles. The van der Waals surface area contributed by atoms with E-state index in [0.717, 1.165) is 30.5 Å². The van der Waals surface area contributed by atoms with Gasteiger partial charge in [-0.25, -0.2) is 0 Å². The first kappa shape index (κ1) is 16.6. The number of nitrogens with zero attached hydrogens (tertiary/aromatic N) is 1. The van der Waals surface area contributed by atoms with Crippen molar-refractivity contribution < 1.29 is 13.2 Å². The minimum Gasteiger partial charge on any atom is -0.302 e. The third-order valence-corrected chi connectivity index (χ3v) is 3.80. The molecule has 0 aliphatic carbocycles. The van der Waals surface area contributed by atoms with Gasteiger partial charge in [-0.15, -0.1) is 0 Å². The van der Waals surface area contributed by atoms with Gasteiger partial charge in [-0.05, 0) is 50.2 Å². The highest BCUT2D eigenvalue weighted by Gasteiger charge is 2.29. The molecular weight excluding hydrogens is 287 g/mol. The lowest BCUT2D eigenvalue weighted by molar-refractivity contribution is -0.137. The first-order valence-electron chi connectivity index (χ1n) is 7.25. The fraction of sp³-hybridized carbons (Fsp3) is 0.333. The second kappa shape index (κ2) is 6.97. The van der Waals surface area contributed by atoms with Crippen LogP contribution in [0.25, 0.3) is 0 Å². The molecule has 0 saturated heterocycles. The fourth-order valence-electron chi connectivity index (χ4n) is 2.56. The lowest BCUT2D eigenvalue weighted by Crippen LogP contribution is -2.20. The molecule has 0 bridgehead atoms. The van der Waals surface area contributed by atoms with Crippen LogP contribution in [0.3, 0.4) is 0 Å². The normalized spacial score (nSPS) is 13.4. The van der Waals surface area contributed by atoms with Crippen molar-refractivity contribution in [1.29, 1.82) is 0 Å². The molecule has 1 atom stereocenters. The quantitative estimate of drug-likeness (QED) is 0.756. The van der Waals surface area contributed by atoms with Crippen LogP contribution in [0.2, 0.25) is 0 Å². The van der Waals surface area contributed by atoms with Crippen molar-refractivity contribution in [2.45, 2.75) is 25.1 Å². The maximum absolute atomic E-state index is 12.6. The second-order valence-corrected chi connectivity index (χ2v) is 5.62. The Kier molecular flexibility index (Phi) is 5.24. The molecule has 0 radical (unpaired) electrons. The SMILES string of the molecule is CN(C)C(CCc1ccc(C(F)(F)F)cc1)c1ccccc1. The summed E-state index contributed by atoms with van der Waals surface area (Å²) in [5, 5.41) is 0. The van der Waals surface area contributed by atoms with E-state index in [2.05, 4.69) is 17.0 Å². The van der Waals surface area contributed by atoms with Gasteiger partial charge >= 0.3 is 6.18 Å². The number of alkyl halides is 3. The molecule has 0 fully saturated rings. The lowest BCUT2D eigenvalue weighted by Gasteiger charge is -2.25. The molecule has 1 unspecified atom stereocenters. The van der Waals surface area contributed by atoms with Crippen molar-refractivity contribution >= 4 is 0 Å². The second-order valence-electron chi connectivity index (χ2n) is 5.62. The van der Waals surface area contributed by atoms with Gasteiger partial charge in [0.1, 0.15) is 0 Å². The summed E-state index contributed by atoms with van der Waals surface area (Å²) in [5.41, 5.74) is 1.55. The third kappa shape index (κ3) is 4.34. The van der Waals surface area contributed by atoms with Gasteiger partial charge < -0.3 is 4.90 Å². The minimum atomic E-state index is -4.27. The Bertz CT molecular complexity index is 574. The van der Waals surface area contributed by atoms with Crippen molar-refractivity contribution in [2.75, 3.05) is 14.1 Å². The van der Waals surface area contributed by atoms with Crippen molar-refractivity contribution in [2.24, 2.45) is 0 Å². The Labute approximate surface area is 129 Å². The van der Waals surface area contributed by atoms with Gasteiger partial charge in [-0.1, -0.05) is 42.5 Å². The number of rotatable bonds is 5. The molecule has 0 amide bonds. The van der Waals surface area contributed by atoms with Gasteiger partial charge in [0.15, 0.2) is 0 Å². The van der Waals surface area contributed by atoms with Crippen LogP contribution in [0.1, 0.15) is 29.2 Å². The first-order valence-corrected chi connectivity index (χ1v) is 7.25. The highest BCUT2D eigenvalue weighted by molar-refractivity contribution is 5.25.